The van der Waals surface area contributed by atoms with Crippen molar-refractivity contribution in [2.75, 3.05) is 14.2 Å². The lowest BCUT2D eigenvalue weighted by Crippen LogP contribution is -2.17. The minimum Gasteiger partial charge on any atom is -0.493 e. The Morgan fingerprint density at radius 3 is 2.34 bits per heavy atom. The van der Waals surface area contributed by atoms with E-state index >= 15 is 0 Å². The Morgan fingerprint density at radius 1 is 0.914 bits per heavy atom. The van der Waals surface area contributed by atoms with Crippen LogP contribution in [0.2, 0.25) is 5.02 Å². The van der Waals surface area contributed by atoms with Crippen molar-refractivity contribution in [1.82, 2.24) is 5.32 Å². The number of methoxy groups -OCH3 is 2. The number of benzene rings is 3. The van der Waals surface area contributed by atoms with Crippen molar-refractivity contribution < 1.29 is 23.7 Å². The highest BCUT2D eigenvalue weighted by Crippen LogP contribution is 2.39. The molecule has 0 aliphatic carbocycles. The summed E-state index contributed by atoms with van der Waals surface area (Å²) in [5.41, 5.74) is 2.63. The molecule has 1 heterocycles. The number of hydrogen-bond acceptors (Lipinski definition) is 7. The zero-order chi connectivity index (χ0) is 24.8. The van der Waals surface area contributed by atoms with Gasteiger partial charge < -0.3 is 24.3 Å². The van der Waals surface area contributed by atoms with Crippen LogP contribution in [0.5, 0.6) is 23.0 Å². The molecule has 4 rings (SSSR count). The maximum atomic E-state index is 11.9. The summed E-state index contributed by atoms with van der Waals surface area (Å²) >= 11 is 12.7. The van der Waals surface area contributed by atoms with Gasteiger partial charge in [0.2, 0.25) is 0 Å². The topological polar surface area (TPSA) is 66.0 Å². The number of nitrogens with one attached hydrogen (secondary N) is 1. The molecule has 0 radical (unpaired) electrons. The standard InChI is InChI=1S/C26H22ClNO5S2/c1-30-21-11-17(8-9-20(21)32-14-16-6-4-3-5-7-16)15-33-24-19(27)10-18(12-22(24)31-2)13-23-25(29)28-26(34)35-23/h3-13H,14-15H2,1-2H3,(H,28,29,34)/b23-13+. The predicted octanol–water partition coefficient (Wildman–Crippen LogP) is 6.00. The van der Waals surface area contributed by atoms with Gasteiger partial charge in [0.15, 0.2) is 23.0 Å². The zero-order valence-corrected chi connectivity index (χ0v) is 21.4. The van der Waals surface area contributed by atoms with Gasteiger partial charge in [0.1, 0.15) is 17.5 Å². The minimum atomic E-state index is -0.236. The van der Waals surface area contributed by atoms with E-state index in [2.05, 4.69) is 5.32 Å². The lowest BCUT2D eigenvalue weighted by molar-refractivity contribution is -0.115. The Balaban J connectivity index is 1.47. The molecule has 0 bridgehead atoms. The number of amides is 1. The second-order valence-electron chi connectivity index (χ2n) is 7.43. The summed E-state index contributed by atoms with van der Waals surface area (Å²) in [4.78, 5) is 12.4. The molecule has 6 nitrogen and oxygen atoms in total. The Morgan fingerprint density at radius 2 is 1.66 bits per heavy atom. The summed E-state index contributed by atoms with van der Waals surface area (Å²) in [5, 5.41) is 2.95. The number of thiocarbonyl (C=S) groups is 1. The predicted molar refractivity (Wildman–Crippen MR) is 142 cm³/mol. The molecule has 35 heavy (non-hydrogen) atoms. The smallest absolute Gasteiger partial charge is 0.263 e. The number of thioether (sulfide) groups is 1. The Bertz CT molecular complexity index is 1280. The van der Waals surface area contributed by atoms with Crippen molar-refractivity contribution in [2.24, 2.45) is 0 Å². The Kier molecular flexibility index (Phi) is 8.17. The highest BCUT2D eigenvalue weighted by atomic mass is 35.5. The first-order valence-electron chi connectivity index (χ1n) is 10.6. The molecule has 0 spiro atoms. The fraction of sp³-hybridized carbons (Fsp3) is 0.154. The highest BCUT2D eigenvalue weighted by molar-refractivity contribution is 8.26. The van der Waals surface area contributed by atoms with E-state index in [9.17, 15) is 4.79 Å². The van der Waals surface area contributed by atoms with Crippen LogP contribution in [0, 0.1) is 0 Å². The van der Waals surface area contributed by atoms with E-state index in [1.165, 1.54) is 18.9 Å². The maximum absolute atomic E-state index is 11.9. The third-order valence-electron chi connectivity index (χ3n) is 5.04. The van der Waals surface area contributed by atoms with Gasteiger partial charge in [-0.1, -0.05) is 72.0 Å². The molecule has 0 aromatic heterocycles. The molecular formula is C26H22ClNO5S2. The van der Waals surface area contributed by atoms with Crippen LogP contribution in [-0.4, -0.2) is 24.4 Å². The van der Waals surface area contributed by atoms with E-state index in [0.29, 0.717) is 49.4 Å². The van der Waals surface area contributed by atoms with Crippen LogP contribution in [-0.2, 0) is 18.0 Å². The fourth-order valence-corrected chi connectivity index (χ4v) is 4.67. The van der Waals surface area contributed by atoms with Gasteiger partial charge >= 0.3 is 0 Å². The molecule has 1 aliphatic heterocycles. The molecule has 3 aromatic carbocycles. The molecule has 1 saturated heterocycles. The number of rotatable bonds is 9. The zero-order valence-electron chi connectivity index (χ0n) is 19.0. The first kappa shape index (κ1) is 24.9. The summed E-state index contributed by atoms with van der Waals surface area (Å²) in [6.07, 6.45) is 1.70. The summed E-state index contributed by atoms with van der Waals surface area (Å²) in [6.45, 7) is 0.673. The molecule has 0 unspecified atom stereocenters. The third-order valence-corrected chi connectivity index (χ3v) is 6.48. The molecule has 9 heteroatoms. The van der Waals surface area contributed by atoms with E-state index in [1.807, 2.05) is 48.5 Å². The number of halogens is 1. The number of carbonyl (C=O) groups is 1. The maximum Gasteiger partial charge on any atom is 0.263 e. The second kappa shape index (κ2) is 11.5. The van der Waals surface area contributed by atoms with E-state index in [1.54, 1.807) is 25.3 Å². The van der Waals surface area contributed by atoms with Gasteiger partial charge in [-0.3, -0.25) is 4.79 Å². The normalized spacial score (nSPS) is 14.1. The van der Waals surface area contributed by atoms with Crippen molar-refractivity contribution in [1.29, 1.82) is 0 Å². The second-order valence-corrected chi connectivity index (χ2v) is 9.56. The van der Waals surface area contributed by atoms with E-state index in [4.69, 9.17) is 42.8 Å². The number of carbonyl (C=O) groups excluding carboxylic acids is 1. The van der Waals surface area contributed by atoms with Gasteiger partial charge in [0.05, 0.1) is 24.1 Å². The van der Waals surface area contributed by atoms with Gasteiger partial charge in [-0.05, 0) is 47.0 Å². The average molecular weight is 528 g/mol. The Labute approximate surface area is 218 Å². The van der Waals surface area contributed by atoms with Crippen LogP contribution >= 0.6 is 35.6 Å². The van der Waals surface area contributed by atoms with E-state index < -0.39 is 0 Å². The lowest BCUT2D eigenvalue weighted by Gasteiger charge is -2.15. The van der Waals surface area contributed by atoms with Gasteiger partial charge in [0.25, 0.3) is 5.91 Å². The molecule has 1 fully saturated rings. The molecule has 1 amide bonds. The minimum absolute atomic E-state index is 0.234. The summed E-state index contributed by atoms with van der Waals surface area (Å²) in [6, 6.07) is 19.0. The molecule has 0 saturated carbocycles. The number of hydrogen-bond donors (Lipinski definition) is 1. The molecule has 3 aromatic rings. The quantitative estimate of drug-likeness (QED) is 0.270. The van der Waals surface area contributed by atoms with Crippen LogP contribution in [0.25, 0.3) is 6.08 Å². The lowest BCUT2D eigenvalue weighted by atomic mass is 10.1. The molecule has 1 N–H and O–H groups in total. The van der Waals surface area contributed by atoms with Crippen LogP contribution in [0.1, 0.15) is 16.7 Å². The summed E-state index contributed by atoms with van der Waals surface area (Å²) < 4.78 is 23.3. The van der Waals surface area contributed by atoms with Crippen molar-refractivity contribution in [3.8, 4) is 23.0 Å². The van der Waals surface area contributed by atoms with E-state index in [0.717, 1.165) is 11.1 Å². The number of ether oxygens (including phenoxy) is 4. The van der Waals surface area contributed by atoms with Gasteiger partial charge in [-0.2, -0.15) is 0 Å². The molecular weight excluding hydrogens is 506 g/mol. The van der Waals surface area contributed by atoms with Gasteiger partial charge in [-0.15, -0.1) is 0 Å². The van der Waals surface area contributed by atoms with Crippen molar-refractivity contribution in [3.63, 3.8) is 0 Å². The van der Waals surface area contributed by atoms with Crippen LogP contribution in [0.4, 0.5) is 0 Å². The van der Waals surface area contributed by atoms with Crippen molar-refractivity contribution in [2.45, 2.75) is 13.2 Å². The SMILES string of the molecule is COc1cc(COc2c(Cl)cc(/C=C3/SC(=S)NC3=O)cc2OC)ccc1OCc1ccccc1. The Hall–Kier alpha value is -3.20. The van der Waals surface area contributed by atoms with Crippen LogP contribution in [0.3, 0.4) is 0 Å². The summed E-state index contributed by atoms with van der Waals surface area (Å²) in [5.74, 6) is 1.86. The monoisotopic (exact) mass is 527 g/mol. The van der Waals surface area contributed by atoms with Crippen molar-refractivity contribution in [3.05, 3.63) is 87.3 Å². The highest BCUT2D eigenvalue weighted by Gasteiger charge is 2.22. The molecule has 180 valence electrons. The molecule has 0 atom stereocenters. The van der Waals surface area contributed by atoms with Crippen LogP contribution in [0.15, 0.2) is 65.6 Å². The van der Waals surface area contributed by atoms with Gasteiger partial charge in [-0.25, -0.2) is 0 Å². The van der Waals surface area contributed by atoms with Crippen molar-refractivity contribution >= 4 is 51.9 Å². The first-order chi connectivity index (χ1) is 17.0. The average Bonchev–Trinajstić information content (AvgIpc) is 3.18. The largest absolute Gasteiger partial charge is 0.493 e. The summed E-state index contributed by atoms with van der Waals surface area (Å²) in [7, 11) is 3.13. The molecule has 1 aliphatic rings. The van der Waals surface area contributed by atoms with Gasteiger partial charge in [0, 0.05) is 0 Å². The first-order valence-corrected chi connectivity index (χ1v) is 12.2. The van der Waals surface area contributed by atoms with E-state index in [-0.39, 0.29) is 12.5 Å². The fourth-order valence-electron chi connectivity index (χ4n) is 3.35. The third kappa shape index (κ3) is 6.28. The van der Waals surface area contributed by atoms with Crippen LogP contribution < -0.4 is 24.3 Å².